The first kappa shape index (κ1) is 20.6. The molecule has 1 aromatic rings. The van der Waals surface area contributed by atoms with Gasteiger partial charge in [-0.25, -0.2) is 0 Å². The van der Waals surface area contributed by atoms with Crippen LogP contribution in [0.4, 0.5) is 5.69 Å². The molecule has 0 bridgehead atoms. The van der Waals surface area contributed by atoms with Crippen LogP contribution in [-0.4, -0.2) is 28.6 Å². The van der Waals surface area contributed by atoms with E-state index >= 15 is 0 Å². The van der Waals surface area contributed by atoms with Gasteiger partial charge in [-0.1, -0.05) is 12.1 Å². The quantitative estimate of drug-likeness (QED) is 0.424. The van der Waals surface area contributed by atoms with E-state index < -0.39 is 28.4 Å². The predicted molar refractivity (Wildman–Crippen MR) is 92.0 cm³/mol. The van der Waals surface area contributed by atoms with Crippen molar-refractivity contribution in [3.05, 3.63) is 39.9 Å². The Morgan fingerprint density at radius 1 is 1.24 bits per heavy atom. The number of non-ortho nitro benzene ring substituents is 1. The molecule has 1 aromatic carbocycles. The molecule has 7 nitrogen and oxygen atoms in total. The number of nitro benzene ring substituents is 1. The normalized spacial score (nSPS) is 12.6. The van der Waals surface area contributed by atoms with Crippen molar-refractivity contribution in [3.8, 4) is 0 Å². The fourth-order valence-electron chi connectivity index (χ4n) is 2.23. The molecular formula is C18H25NO6. The van der Waals surface area contributed by atoms with E-state index in [2.05, 4.69) is 0 Å². The van der Waals surface area contributed by atoms with Crippen LogP contribution in [0.15, 0.2) is 24.3 Å². The summed E-state index contributed by atoms with van der Waals surface area (Å²) in [5.74, 6) is -1.80. The second-order valence-corrected chi connectivity index (χ2v) is 7.10. The number of benzene rings is 1. The highest BCUT2D eigenvalue weighted by molar-refractivity contribution is 5.80. The highest BCUT2D eigenvalue weighted by Gasteiger charge is 2.28. The monoisotopic (exact) mass is 351 g/mol. The van der Waals surface area contributed by atoms with Gasteiger partial charge in [-0.05, 0) is 46.6 Å². The van der Waals surface area contributed by atoms with E-state index in [-0.39, 0.29) is 24.6 Å². The largest absolute Gasteiger partial charge is 0.463 e. The third kappa shape index (κ3) is 7.78. The fraction of sp³-hybridized carbons (Fsp3) is 0.556. The third-order valence-electron chi connectivity index (χ3n) is 3.12. The Balaban J connectivity index is 2.94. The van der Waals surface area contributed by atoms with Gasteiger partial charge in [-0.3, -0.25) is 19.7 Å². The predicted octanol–water partition coefficient (Wildman–Crippen LogP) is 3.44. The van der Waals surface area contributed by atoms with E-state index in [0.29, 0.717) is 5.56 Å². The van der Waals surface area contributed by atoms with E-state index in [1.807, 2.05) is 0 Å². The summed E-state index contributed by atoms with van der Waals surface area (Å²) in [5, 5.41) is 10.9. The number of carbonyl (C=O) groups excluding carboxylic acids is 2. The summed E-state index contributed by atoms with van der Waals surface area (Å²) in [7, 11) is 0. The Bertz CT molecular complexity index is 633. The Hall–Kier alpha value is -2.44. The first-order valence-corrected chi connectivity index (χ1v) is 8.13. The molecule has 0 radical (unpaired) electrons. The first-order chi connectivity index (χ1) is 11.5. The maximum atomic E-state index is 12.3. The minimum atomic E-state index is -0.765. The summed E-state index contributed by atoms with van der Waals surface area (Å²) in [6, 6.07) is 5.99. The number of ether oxygens (including phenoxy) is 2. The maximum absolute atomic E-state index is 12.3. The number of rotatable bonds is 7. The molecule has 0 aliphatic rings. The van der Waals surface area contributed by atoms with Gasteiger partial charge in [-0.15, -0.1) is 0 Å². The van der Waals surface area contributed by atoms with Crippen LogP contribution >= 0.6 is 0 Å². The molecule has 1 atom stereocenters. The van der Waals surface area contributed by atoms with Crippen LogP contribution in [0.5, 0.6) is 0 Å². The first-order valence-electron chi connectivity index (χ1n) is 8.13. The molecule has 1 rings (SSSR count). The van der Waals surface area contributed by atoms with Gasteiger partial charge < -0.3 is 9.47 Å². The second-order valence-electron chi connectivity index (χ2n) is 7.10. The number of hydrogen-bond acceptors (Lipinski definition) is 6. The molecule has 7 heteroatoms. The molecule has 138 valence electrons. The lowest BCUT2D eigenvalue weighted by atomic mass is 9.95. The van der Waals surface area contributed by atoms with Gasteiger partial charge >= 0.3 is 11.9 Å². The molecule has 0 saturated carbocycles. The molecule has 0 aliphatic heterocycles. The molecule has 0 saturated heterocycles. The Kier molecular flexibility index (Phi) is 7.09. The van der Waals surface area contributed by atoms with Gasteiger partial charge in [0.05, 0.1) is 23.4 Å². The zero-order chi connectivity index (χ0) is 19.2. The van der Waals surface area contributed by atoms with Crippen LogP contribution in [0.3, 0.4) is 0 Å². The average Bonchev–Trinajstić information content (AvgIpc) is 2.44. The lowest BCUT2D eigenvalue weighted by Gasteiger charge is -2.22. The molecule has 0 fully saturated rings. The maximum Gasteiger partial charge on any atom is 0.310 e. The van der Waals surface area contributed by atoms with Gasteiger partial charge in [0.15, 0.2) is 0 Å². The van der Waals surface area contributed by atoms with E-state index in [1.54, 1.807) is 46.8 Å². The highest BCUT2D eigenvalue weighted by Crippen LogP contribution is 2.21. The fourth-order valence-corrected chi connectivity index (χ4v) is 2.23. The Morgan fingerprint density at radius 3 is 2.40 bits per heavy atom. The van der Waals surface area contributed by atoms with Gasteiger partial charge in [0.25, 0.3) is 5.69 Å². The van der Waals surface area contributed by atoms with Gasteiger partial charge in [0.2, 0.25) is 0 Å². The Morgan fingerprint density at radius 2 is 1.88 bits per heavy atom. The van der Waals surface area contributed by atoms with Crippen LogP contribution in [0, 0.1) is 16.0 Å². The summed E-state index contributed by atoms with van der Waals surface area (Å²) >= 11 is 0. The van der Waals surface area contributed by atoms with Crippen molar-refractivity contribution in [2.24, 2.45) is 5.92 Å². The van der Waals surface area contributed by atoms with Crippen molar-refractivity contribution in [2.45, 2.75) is 59.2 Å². The summed E-state index contributed by atoms with van der Waals surface area (Å²) < 4.78 is 10.5. The molecule has 0 aromatic heterocycles. The minimum Gasteiger partial charge on any atom is -0.463 e. The molecule has 0 N–H and O–H groups in total. The van der Waals surface area contributed by atoms with Gasteiger partial charge in [0, 0.05) is 12.1 Å². The van der Waals surface area contributed by atoms with Crippen LogP contribution in [-0.2, 0) is 25.5 Å². The lowest BCUT2D eigenvalue weighted by Crippen LogP contribution is -2.30. The SMILES string of the molecule is CC(C)OC(=O)[C@H](CC(=O)OC(C)(C)C)Cc1cccc([N+](=O)[O-])c1. The number of nitro groups is 1. The molecule has 0 spiro atoms. The van der Waals surface area contributed by atoms with Crippen molar-refractivity contribution in [1.82, 2.24) is 0 Å². The van der Waals surface area contributed by atoms with Crippen molar-refractivity contribution >= 4 is 17.6 Å². The molecule has 0 unspecified atom stereocenters. The van der Waals surface area contributed by atoms with Crippen LogP contribution in [0.25, 0.3) is 0 Å². The van der Waals surface area contributed by atoms with Crippen molar-refractivity contribution in [1.29, 1.82) is 0 Å². The number of carbonyl (C=O) groups is 2. The minimum absolute atomic E-state index is 0.0641. The standard InChI is InChI=1S/C18H25NO6/c1-12(2)24-17(21)14(11-16(20)25-18(3,4)5)9-13-7-6-8-15(10-13)19(22)23/h6-8,10,12,14H,9,11H2,1-5H3/t14-/m0/s1. The van der Waals surface area contributed by atoms with Gasteiger partial charge in [0.1, 0.15) is 5.60 Å². The smallest absolute Gasteiger partial charge is 0.310 e. The zero-order valence-corrected chi connectivity index (χ0v) is 15.3. The molecule has 0 amide bonds. The summed E-state index contributed by atoms with van der Waals surface area (Å²) in [6.07, 6.45) is -0.309. The number of hydrogen-bond donors (Lipinski definition) is 0. The van der Waals surface area contributed by atoms with E-state index in [4.69, 9.17) is 9.47 Å². The molecule has 0 aliphatic carbocycles. The van der Waals surface area contributed by atoms with Crippen molar-refractivity contribution < 1.29 is 24.0 Å². The van der Waals surface area contributed by atoms with Gasteiger partial charge in [-0.2, -0.15) is 0 Å². The van der Waals surface area contributed by atoms with Crippen molar-refractivity contribution in [3.63, 3.8) is 0 Å². The number of nitrogens with zero attached hydrogens (tertiary/aromatic N) is 1. The van der Waals surface area contributed by atoms with Crippen LogP contribution < -0.4 is 0 Å². The third-order valence-corrected chi connectivity index (χ3v) is 3.12. The average molecular weight is 351 g/mol. The molecule has 0 heterocycles. The summed E-state index contributed by atoms with van der Waals surface area (Å²) in [6.45, 7) is 8.66. The zero-order valence-electron chi connectivity index (χ0n) is 15.3. The van der Waals surface area contributed by atoms with E-state index in [0.717, 1.165) is 0 Å². The second kappa shape index (κ2) is 8.60. The number of esters is 2. The highest BCUT2D eigenvalue weighted by atomic mass is 16.6. The topological polar surface area (TPSA) is 95.7 Å². The lowest BCUT2D eigenvalue weighted by molar-refractivity contribution is -0.384. The van der Waals surface area contributed by atoms with Crippen LogP contribution in [0.2, 0.25) is 0 Å². The van der Waals surface area contributed by atoms with E-state index in [9.17, 15) is 19.7 Å². The summed E-state index contributed by atoms with van der Waals surface area (Å²) in [4.78, 5) is 34.8. The van der Waals surface area contributed by atoms with E-state index in [1.165, 1.54) is 12.1 Å². The van der Waals surface area contributed by atoms with Crippen LogP contribution in [0.1, 0.15) is 46.6 Å². The molecular weight excluding hydrogens is 326 g/mol. The van der Waals surface area contributed by atoms with Crippen molar-refractivity contribution in [2.75, 3.05) is 0 Å². The summed E-state index contributed by atoms with van der Waals surface area (Å²) in [5.41, 5.74) is -0.135. The molecule has 25 heavy (non-hydrogen) atoms. The Labute approximate surface area is 147 Å².